The van der Waals surface area contributed by atoms with Crippen LogP contribution in [0.1, 0.15) is 13.8 Å². The highest BCUT2D eigenvalue weighted by Gasteiger charge is 2.24. The first-order valence-corrected chi connectivity index (χ1v) is 14.5. The molecule has 1 aromatic heterocycles. The van der Waals surface area contributed by atoms with Crippen molar-refractivity contribution in [3.8, 4) is 17.1 Å². The molecule has 38 heavy (non-hydrogen) atoms. The smallest absolute Gasteiger partial charge is 0.261 e. The van der Waals surface area contributed by atoms with Gasteiger partial charge in [-0.1, -0.05) is 54.1 Å². The van der Waals surface area contributed by atoms with Gasteiger partial charge in [-0.25, -0.2) is 13.1 Å². The van der Waals surface area contributed by atoms with E-state index in [9.17, 15) is 8.42 Å². The third-order valence-corrected chi connectivity index (χ3v) is 8.29. The van der Waals surface area contributed by atoms with Gasteiger partial charge in [0.1, 0.15) is 0 Å². The van der Waals surface area contributed by atoms with Crippen molar-refractivity contribution in [1.82, 2.24) is 19.2 Å². The maximum atomic E-state index is 13.2. The molecule has 1 aliphatic rings. The Morgan fingerprint density at radius 3 is 2.39 bits per heavy atom. The normalized spacial score (nSPS) is 18.4. The Balaban J connectivity index is 1.55. The van der Waals surface area contributed by atoms with E-state index in [1.165, 1.54) is 6.07 Å². The first-order valence-electron chi connectivity index (χ1n) is 12.2. The molecule has 0 bridgehead atoms. The third kappa shape index (κ3) is 5.69. The summed E-state index contributed by atoms with van der Waals surface area (Å²) in [5, 5.41) is 5.19. The van der Waals surface area contributed by atoms with Crippen molar-refractivity contribution >= 4 is 39.5 Å². The number of nitrogens with one attached hydrogen (secondary N) is 1. The number of hydrogen-bond donors (Lipinski definition) is 1. The van der Waals surface area contributed by atoms with Gasteiger partial charge in [0.2, 0.25) is 4.77 Å². The maximum absolute atomic E-state index is 13.2. The Bertz CT molecular complexity index is 1590. The molecular formula is C27H28ClN5O3S2. The zero-order chi connectivity index (χ0) is 26.9. The van der Waals surface area contributed by atoms with E-state index in [0.29, 0.717) is 33.5 Å². The number of ether oxygens (including phenoxy) is 1. The van der Waals surface area contributed by atoms with Crippen LogP contribution in [0, 0.1) is 4.77 Å². The van der Waals surface area contributed by atoms with E-state index in [0.717, 1.165) is 18.8 Å². The number of rotatable bonds is 7. The zero-order valence-electron chi connectivity index (χ0n) is 21.0. The predicted molar refractivity (Wildman–Crippen MR) is 152 cm³/mol. The molecule has 0 aliphatic carbocycles. The second-order valence-corrected chi connectivity index (χ2v) is 11.8. The molecular weight excluding hydrogens is 542 g/mol. The molecule has 2 heterocycles. The van der Waals surface area contributed by atoms with Crippen LogP contribution in [0.15, 0.2) is 83.8 Å². The molecule has 2 unspecified atom stereocenters. The van der Waals surface area contributed by atoms with Gasteiger partial charge in [0.05, 0.1) is 34.5 Å². The molecule has 4 aromatic rings. The van der Waals surface area contributed by atoms with Gasteiger partial charge < -0.3 is 4.74 Å². The van der Waals surface area contributed by atoms with Gasteiger partial charge in [0.15, 0.2) is 5.82 Å². The summed E-state index contributed by atoms with van der Waals surface area (Å²) in [5.74, 6) is 0.547. The largest absolute Gasteiger partial charge is 0.373 e. The molecule has 1 saturated heterocycles. The minimum Gasteiger partial charge on any atom is -0.373 e. The average Bonchev–Trinajstić information content (AvgIpc) is 3.21. The van der Waals surface area contributed by atoms with Crippen molar-refractivity contribution < 1.29 is 13.2 Å². The molecule has 11 heteroatoms. The fourth-order valence-electron chi connectivity index (χ4n) is 4.64. The number of benzene rings is 3. The summed E-state index contributed by atoms with van der Waals surface area (Å²) in [5.41, 5.74) is 1.76. The fourth-order valence-corrected chi connectivity index (χ4v) is 6.29. The second kappa shape index (κ2) is 11.0. The summed E-state index contributed by atoms with van der Waals surface area (Å²) >= 11 is 12.1. The molecule has 0 saturated carbocycles. The van der Waals surface area contributed by atoms with Gasteiger partial charge in [-0.05, 0) is 62.5 Å². The lowest BCUT2D eigenvalue weighted by molar-refractivity contribution is -0.0777. The first kappa shape index (κ1) is 26.6. The summed E-state index contributed by atoms with van der Waals surface area (Å²) in [7, 11) is -3.91. The van der Waals surface area contributed by atoms with Crippen LogP contribution in [0.2, 0.25) is 5.02 Å². The Morgan fingerprint density at radius 1 is 1.00 bits per heavy atom. The molecule has 3 aromatic carbocycles. The lowest BCUT2D eigenvalue weighted by Crippen LogP contribution is -2.46. The third-order valence-electron chi connectivity index (χ3n) is 6.20. The first-order chi connectivity index (χ1) is 18.2. The summed E-state index contributed by atoms with van der Waals surface area (Å²) in [6.07, 6.45) is 0.215. The van der Waals surface area contributed by atoms with E-state index < -0.39 is 10.0 Å². The number of morpholine rings is 1. The second-order valence-electron chi connectivity index (χ2n) is 9.32. The topological polar surface area (TPSA) is 81.4 Å². The highest BCUT2D eigenvalue weighted by Crippen LogP contribution is 2.28. The Kier molecular flexibility index (Phi) is 7.69. The lowest BCUT2D eigenvalue weighted by Gasteiger charge is -2.34. The summed E-state index contributed by atoms with van der Waals surface area (Å²) in [4.78, 5) is 2.35. The van der Waals surface area contributed by atoms with Gasteiger partial charge in [0.25, 0.3) is 10.0 Å². The predicted octanol–water partition coefficient (Wildman–Crippen LogP) is 5.59. The van der Waals surface area contributed by atoms with Crippen molar-refractivity contribution in [1.29, 1.82) is 0 Å². The van der Waals surface area contributed by atoms with Crippen molar-refractivity contribution in [2.45, 2.75) is 37.6 Å². The van der Waals surface area contributed by atoms with Gasteiger partial charge in [-0.2, -0.15) is 0 Å². The zero-order valence-corrected chi connectivity index (χ0v) is 23.4. The van der Waals surface area contributed by atoms with Crippen LogP contribution in [-0.2, 0) is 21.4 Å². The lowest BCUT2D eigenvalue weighted by atomic mass is 10.2. The molecule has 2 atom stereocenters. The van der Waals surface area contributed by atoms with Gasteiger partial charge >= 0.3 is 0 Å². The molecule has 0 radical (unpaired) electrons. The van der Waals surface area contributed by atoms with E-state index in [2.05, 4.69) is 23.5 Å². The van der Waals surface area contributed by atoms with Crippen LogP contribution in [0.5, 0.6) is 0 Å². The van der Waals surface area contributed by atoms with E-state index in [1.807, 2.05) is 41.0 Å². The molecule has 8 nitrogen and oxygen atoms in total. The van der Waals surface area contributed by atoms with E-state index in [4.69, 9.17) is 33.7 Å². The Morgan fingerprint density at radius 2 is 1.68 bits per heavy atom. The van der Waals surface area contributed by atoms with E-state index >= 15 is 0 Å². The standard InChI is InChI=1S/C27H28ClN5O3S2/c1-19-16-31(17-20(2)36-19)18-32-27(37)33(22-10-4-3-5-11-22)26(29-32)21-9-8-12-23(15-21)38(34,35)30-25-14-7-6-13-24(25)28/h3-15,19-20,30H,16-18H2,1-2H3. The molecule has 5 rings (SSSR count). The summed E-state index contributed by atoms with van der Waals surface area (Å²) in [6.45, 7) is 6.13. The van der Waals surface area contributed by atoms with Crippen molar-refractivity contribution in [2.75, 3.05) is 17.8 Å². The maximum Gasteiger partial charge on any atom is 0.261 e. The summed E-state index contributed by atoms with van der Waals surface area (Å²) in [6, 6.07) is 23.0. The molecule has 1 aliphatic heterocycles. The summed E-state index contributed by atoms with van der Waals surface area (Å²) < 4.78 is 39.1. The Labute approximate surface area is 232 Å². The van der Waals surface area contributed by atoms with Crippen LogP contribution >= 0.6 is 23.8 Å². The highest BCUT2D eigenvalue weighted by atomic mass is 35.5. The van der Waals surface area contributed by atoms with Crippen molar-refractivity contribution in [3.05, 3.63) is 88.7 Å². The number of anilines is 1. The van der Waals surface area contributed by atoms with Gasteiger partial charge in [0, 0.05) is 24.3 Å². The van der Waals surface area contributed by atoms with E-state index in [-0.39, 0.29) is 17.1 Å². The average molecular weight is 570 g/mol. The number of halogens is 1. The van der Waals surface area contributed by atoms with Crippen LogP contribution < -0.4 is 4.72 Å². The molecule has 1 N–H and O–H groups in total. The SMILES string of the molecule is CC1CN(Cn2nc(-c3cccc(S(=O)(=O)Nc4ccccc4Cl)c3)n(-c3ccccc3)c2=S)CC(C)O1. The van der Waals surface area contributed by atoms with Gasteiger partial charge in [-0.15, -0.1) is 5.10 Å². The molecule has 0 amide bonds. The minimum absolute atomic E-state index is 0.0887. The fraction of sp³-hybridized carbons (Fsp3) is 0.259. The van der Waals surface area contributed by atoms with Crippen LogP contribution in [0.25, 0.3) is 17.1 Å². The number of hydrogen-bond acceptors (Lipinski definition) is 6. The number of para-hydroxylation sites is 2. The van der Waals surface area contributed by atoms with Crippen LogP contribution in [-0.4, -0.2) is 53.0 Å². The minimum atomic E-state index is -3.91. The number of nitrogens with zero attached hydrogens (tertiary/aromatic N) is 4. The quantitative estimate of drug-likeness (QED) is 0.292. The van der Waals surface area contributed by atoms with Crippen LogP contribution in [0.4, 0.5) is 5.69 Å². The monoisotopic (exact) mass is 569 g/mol. The van der Waals surface area contributed by atoms with Crippen molar-refractivity contribution in [3.63, 3.8) is 0 Å². The van der Waals surface area contributed by atoms with Gasteiger partial charge in [-0.3, -0.25) is 14.2 Å². The number of sulfonamides is 1. The molecule has 0 spiro atoms. The molecule has 198 valence electrons. The molecule has 1 fully saturated rings. The van der Waals surface area contributed by atoms with Crippen molar-refractivity contribution in [2.24, 2.45) is 0 Å². The number of aromatic nitrogens is 3. The van der Waals surface area contributed by atoms with Crippen LogP contribution in [0.3, 0.4) is 0 Å². The Hall–Kier alpha value is -3.02. The highest BCUT2D eigenvalue weighted by molar-refractivity contribution is 7.92. The van der Waals surface area contributed by atoms with E-state index in [1.54, 1.807) is 41.1 Å².